The van der Waals surface area contributed by atoms with Crippen molar-refractivity contribution in [3.63, 3.8) is 0 Å². The third-order valence-corrected chi connectivity index (χ3v) is 3.82. The summed E-state index contributed by atoms with van der Waals surface area (Å²) in [4.78, 5) is 20.4. The monoisotopic (exact) mass is 331 g/mol. The van der Waals surface area contributed by atoms with Gasteiger partial charge in [0.1, 0.15) is 5.69 Å². The molecule has 0 spiro atoms. The number of anilines is 1. The van der Waals surface area contributed by atoms with Gasteiger partial charge in [0.2, 0.25) is 0 Å². The molecule has 1 N–H and O–H groups in total. The molecule has 0 fully saturated rings. The zero-order valence-corrected chi connectivity index (χ0v) is 12.8. The predicted octanol–water partition coefficient (Wildman–Crippen LogP) is 4.04. The smallest absolute Gasteiger partial charge is 0.276 e. The summed E-state index contributed by atoms with van der Waals surface area (Å²) in [6.45, 7) is 1.79. The summed E-state index contributed by atoms with van der Waals surface area (Å²) < 4.78 is 26.2. The molecule has 0 atom stereocenters. The van der Waals surface area contributed by atoms with Crippen LogP contribution in [0.3, 0.4) is 0 Å². The molecule has 2 heterocycles. The Labute approximate surface area is 134 Å². The maximum Gasteiger partial charge on any atom is 0.276 e. The Kier molecular flexibility index (Phi) is 4.12. The molecule has 0 aliphatic rings. The van der Waals surface area contributed by atoms with Crippen molar-refractivity contribution in [3.8, 4) is 11.3 Å². The van der Waals surface area contributed by atoms with Crippen molar-refractivity contribution in [3.05, 3.63) is 64.8 Å². The number of carbonyl (C=O) groups excluding carboxylic acids is 1. The number of amides is 1. The lowest BCUT2D eigenvalue weighted by Gasteiger charge is -2.02. The Bertz CT molecular complexity index is 879. The average Bonchev–Trinajstić information content (AvgIpc) is 2.98. The number of hydrogen-bond acceptors (Lipinski definition) is 4. The van der Waals surface area contributed by atoms with Gasteiger partial charge in [-0.3, -0.25) is 10.1 Å². The second-order valence-electron chi connectivity index (χ2n) is 4.79. The summed E-state index contributed by atoms with van der Waals surface area (Å²) in [7, 11) is 0. The molecule has 0 radical (unpaired) electrons. The number of rotatable bonds is 3. The Hall–Kier alpha value is -2.67. The number of nitrogens with one attached hydrogen (secondary N) is 1. The molecule has 4 nitrogen and oxygen atoms in total. The highest BCUT2D eigenvalue weighted by Gasteiger charge is 2.12. The number of benzene rings is 1. The Morgan fingerprint density at radius 2 is 1.96 bits per heavy atom. The summed E-state index contributed by atoms with van der Waals surface area (Å²) in [6, 6.07) is 8.68. The number of thiazole rings is 1. The fraction of sp³-hybridized carbons (Fsp3) is 0.0625. The molecule has 3 rings (SSSR count). The molecule has 0 saturated carbocycles. The van der Waals surface area contributed by atoms with Gasteiger partial charge >= 0.3 is 0 Å². The summed E-state index contributed by atoms with van der Waals surface area (Å²) in [6.07, 6.45) is 0. The maximum absolute atomic E-state index is 13.3. The second-order valence-corrected chi connectivity index (χ2v) is 5.64. The zero-order valence-electron chi connectivity index (χ0n) is 12.0. The van der Waals surface area contributed by atoms with Crippen molar-refractivity contribution < 1.29 is 13.6 Å². The number of aromatic nitrogens is 2. The van der Waals surface area contributed by atoms with E-state index in [4.69, 9.17) is 0 Å². The van der Waals surface area contributed by atoms with Gasteiger partial charge in [0.25, 0.3) is 5.91 Å². The average molecular weight is 331 g/mol. The number of pyridine rings is 1. The lowest BCUT2D eigenvalue weighted by molar-refractivity contribution is 0.102. The molecular weight excluding hydrogens is 320 g/mol. The van der Waals surface area contributed by atoms with Crippen molar-refractivity contribution >= 4 is 22.4 Å². The largest absolute Gasteiger partial charge is 0.296 e. The Balaban J connectivity index is 1.79. The minimum Gasteiger partial charge on any atom is -0.296 e. The minimum atomic E-state index is -0.940. The van der Waals surface area contributed by atoms with E-state index >= 15 is 0 Å². The second kappa shape index (κ2) is 6.21. The van der Waals surface area contributed by atoms with Gasteiger partial charge in [-0.15, -0.1) is 11.3 Å². The molecule has 1 amide bonds. The lowest BCUT2D eigenvalue weighted by Crippen LogP contribution is -2.13. The predicted molar refractivity (Wildman–Crippen MR) is 84.4 cm³/mol. The van der Waals surface area contributed by atoms with Crippen molar-refractivity contribution in [1.29, 1.82) is 0 Å². The molecule has 0 saturated heterocycles. The van der Waals surface area contributed by atoms with E-state index in [1.54, 1.807) is 30.5 Å². The zero-order chi connectivity index (χ0) is 16.4. The first kappa shape index (κ1) is 15.2. The van der Waals surface area contributed by atoms with Crippen LogP contribution in [0.25, 0.3) is 11.3 Å². The molecule has 116 valence electrons. The van der Waals surface area contributed by atoms with Crippen LogP contribution >= 0.6 is 11.3 Å². The molecule has 2 aromatic heterocycles. The number of nitrogens with zero attached hydrogens (tertiary/aromatic N) is 2. The van der Waals surface area contributed by atoms with Crippen LogP contribution in [0.5, 0.6) is 0 Å². The number of halogens is 2. The van der Waals surface area contributed by atoms with Crippen LogP contribution in [-0.2, 0) is 0 Å². The highest BCUT2D eigenvalue weighted by molar-refractivity contribution is 7.14. The quantitative estimate of drug-likeness (QED) is 0.788. The van der Waals surface area contributed by atoms with Crippen LogP contribution in [0.2, 0.25) is 0 Å². The first-order valence-corrected chi connectivity index (χ1v) is 7.57. The van der Waals surface area contributed by atoms with Crippen LogP contribution in [-0.4, -0.2) is 15.9 Å². The maximum atomic E-state index is 13.3. The van der Waals surface area contributed by atoms with E-state index in [0.717, 1.165) is 17.8 Å². The number of aryl methyl sites for hydroxylation is 1. The van der Waals surface area contributed by atoms with Crippen molar-refractivity contribution in [2.45, 2.75) is 6.92 Å². The highest BCUT2D eigenvalue weighted by atomic mass is 32.1. The van der Waals surface area contributed by atoms with Gasteiger partial charge in [-0.25, -0.2) is 18.7 Å². The molecule has 0 bridgehead atoms. The fourth-order valence-electron chi connectivity index (χ4n) is 1.95. The van der Waals surface area contributed by atoms with Crippen molar-refractivity contribution in [2.24, 2.45) is 0 Å². The molecular formula is C16H11F2N3OS. The van der Waals surface area contributed by atoms with Gasteiger partial charge in [0.15, 0.2) is 16.8 Å². The van der Waals surface area contributed by atoms with Crippen LogP contribution < -0.4 is 5.32 Å². The van der Waals surface area contributed by atoms with Gasteiger partial charge in [0.05, 0.1) is 5.69 Å². The van der Waals surface area contributed by atoms with Crippen molar-refractivity contribution in [1.82, 2.24) is 9.97 Å². The van der Waals surface area contributed by atoms with E-state index in [9.17, 15) is 13.6 Å². The third-order valence-electron chi connectivity index (χ3n) is 3.06. The third kappa shape index (κ3) is 3.40. The van der Waals surface area contributed by atoms with E-state index < -0.39 is 11.6 Å². The van der Waals surface area contributed by atoms with Crippen LogP contribution in [0.4, 0.5) is 13.9 Å². The summed E-state index contributed by atoms with van der Waals surface area (Å²) in [5.41, 5.74) is 1.92. The number of hydrogen-bond donors (Lipinski definition) is 1. The first-order chi connectivity index (χ1) is 11.0. The van der Waals surface area contributed by atoms with Gasteiger partial charge < -0.3 is 0 Å². The Morgan fingerprint density at radius 3 is 2.70 bits per heavy atom. The molecule has 0 aliphatic carbocycles. The summed E-state index contributed by atoms with van der Waals surface area (Å²) in [5, 5.41) is 4.66. The molecule has 0 aliphatic heterocycles. The van der Waals surface area contributed by atoms with E-state index in [-0.39, 0.29) is 11.6 Å². The first-order valence-electron chi connectivity index (χ1n) is 6.69. The normalized spacial score (nSPS) is 10.6. The summed E-state index contributed by atoms with van der Waals surface area (Å²) >= 11 is 1.19. The van der Waals surface area contributed by atoms with E-state index in [1.807, 2.05) is 0 Å². The van der Waals surface area contributed by atoms with Gasteiger partial charge in [-0.05, 0) is 37.3 Å². The van der Waals surface area contributed by atoms with Crippen molar-refractivity contribution in [2.75, 3.05) is 5.32 Å². The van der Waals surface area contributed by atoms with Crippen LogP contribution in [0.15, 0.2) is 41.8 Å². The fourth-order valence-corrected chi connectivity index (χ4v) is 2.66. The molecule has 3 aromatic rings. The molecule has 23 heavy (non-hydrogen) atoms. The molecule has 7 heteroatoms. The van der Waals surface area contributed by atoms with Gasteiger partial charge in [0, 0.05) is 16.6 Å². The SMILES string of the molecule is Cc1cccc(C(=O)Nc2nc(-c3ccc(F)c(F)c3)cs2)n1. The van der Waals surface area contributed by atoms with Gasteiger partial charge in [-0.2, -0.15) is 0 Å². The van der Waals surface area contributed by atoms with Crippen LogP contribution in [0.1, 0.15) is 16.2 Å². The molecule has 1 aromatic carbocycles. The lowest BCUT2D eigenvalue weighted by atomic mass is 10.2. The summed E-state index contributed by atoms with van der Waals surface area (Å²) in [5.74, 6) is -2.23. The Morgan fingerprint density at radius 1 is 1.13 bits per heavy atom. The number of carbonyl (C=O) groups is 1. The molecule has 0 unspecified atom stereocenters. The topological polar surface area (TPSA) is 54.9 Å². The van der Waals surface area contributed by atoms with E-state index in [2.05, 4.69) is 15.3 Å². The van der Waals surface area contributed by atoms with Gasteiger partial charge in [-0.1, -0.05) is 6.07 Å². The van der Waals surface area contributed by atoms with E-state index in [0.29, 0.717) is 16.4 Å². The van der Waals surface area contributed by atoms with E-state index in [1.165, 1.54) is 17.4 Å². The standard InChI is InChI=1S/C16H11F2N3OS/c1-9-3-2-4-13(19-9)15(22)21-16-20-14(8-23-16)10-5-6-11(17)12(18)7-10/h2-8H,1H3,(H,20,21,22). The highest BCUT2D eigenvalue weighted by Crippen LogP contribution is 2.26. The minimum absolute atomic E-state index is 0.287. The van der Waals surface area contributed by atoms with Crippen LogP contribution in [0, 0.1) is 18.6 Å².